The molecule has 1 aliphatic rings. The van der Waals surface area contributed by atoms with Gasteiger partial charge in [0.2, 0.25) is 0 Å². The van der Waals surface area contributed by atoms with Gasteiger partial charge in [-0.1, -0.05) is 12.1 Å². The summed E-state index contributed by atoms with van der Waals surface area (Å²) in [6, 6.07) is 9.61. The lowest BCUT2D eigenvalue weighted by Gasteiger charge is -2.36. The second kappa shape index (κ2) is 6.16. The monoisotopic (exact) mass is 260 g/mol. The normalized spacial score (nSPS) is 21.8. The van der Waals surface area contributed by atoms with Crippen LogP contribution in [0.4, 0.5) is 0 Å². The van der Waals surface area contributed by atoms with Gasteiger partial charge in [-0.25, -0.2) is 0 Å². The molecular formula is C15H20N2O2. The van der Waals surface area contributed by atoms with E-state index in [1.54, 1.807) is 6.07 Å². The molecule has 19 heavy (non-hydrogen) atoms. The lowest BCUT2D eigenvalue weighted by atomic mass is 10.1. The summed E-state index contributed by atoms with van der Waals surface area (Å²) in [6.45, 7) is 6.91. The minimum absolute atomic E-state index is 0.0860. The van der Waals surface area contributed by atoms with Crippen LogP contribution >= 0.6 is 0 Å². The summed E-state index contributed by atoms with van der Waals surface area (Å²) < 4.78 is 11.6. The fourth-order valence-electron chi connectivity index (χ4n) is 2.20. The molecule has 1 aliphatic heterocycles. The molecule has 4 nitrogen and oxygen atoms in total. The van der Waals surface area contributed by atoms with Crippen molar-refractivity contribution in [2.75, 3.05) is 19.7 Å². The third-order valence-electron chi connectivity index (χ3n) is 3.04. The standard InChI is InChI=1S/C15H20N2O2/c1-15(2)11-17-8-14(19-15)10-18-9-13-5-3-4-12(6-13)7-16/h3-6,14,17H,8-11H2,1-2H3. The average Bonchev–Trinajstić information content (AvgIpc) is 2.38. The van der Waals surface area contributed by atoms with Crippen LogP contribution in [-0.4, -0.2) is 31.4 Å². The largest absolute Gasteiger partial charge is 0.374 e. The predicted molar refractivity (Wildman–Crippen MR) is 72.6 cm³/mol. The highest BCUT2D eigenvalue weighted by Crippen LogP contribution is 2.15. The van der Waals surface area contributed by atoms with Crippen molar-refractivity contribution in [1.29, 1.82) is 5.26 Å². The minimum atomic E-state index is -0.132. The lowest BCUT2D eigenvalue weighted by molar-refractivity contribution is -0.122. The van der Waals surface area contributed by atoms with Gasteiger partial charge in [-0.15, -0.1) is 0 Å². The third-order valence-corrected chi connectivity index (χ3v) is 3.04. The summed E-state index contributed by atoms with van der Waals surface area (Å²) in [7, 11) is 0. The molecule has 0 aromatic heterocycles. The van der Waals surface area contributed by atoms with Gasteiger partial charge < -0.3 is 14.8 Å². The molecule has 1 heterocycles. The molecule has 0 bridgehead atoms. The smallest absolute Gasteiger partial charge is 0.0991 e. The van der Waals surface area contributed by atoms with Crippen LogP contribution in [0.25, 0.3) is 0 Å². The molecule has 1 N–H and O–H groups in total. The molecule has 1 aromatic rings. The molecule has 0 radical (unpaired) electrons. The van der Waals surface area contributed by atoms with E-state index in [-0.39, 0.29) is 11.7 Å². The van der Waals surface area contributed by atoms with E-state index in [0.29, 0.717) is 18.8 Å². The highest BCUT2D eigenvalue weighted by atomic mass is 16.5. The van der Waals surface area contributed by atoms with Gasteiger partial charge in [0.1, 0.15) is 0 Å². The molecule has 4 heteroatoms. The fourth-order valence-corrected chi connectivity index (χ4v) is 2.20. The van der Waals surface area contributed by atoms with Gasteiger partial charge in [0, 0.05) is 13.1 Å². The van der Waals surface area contributed by atoms with Crippen LogP contribution in [0.5, 0.6) is 0 Å². The van der Waals surface area contributed by atoms with Gasteiger partial charge in [-0.3, -0.25) is 0 Å². The van der Waals surface area contributed by atoms with E-state index in [1.165, 1.54) is 0 Å². The fraction of sp³-hybridized carbons (Fsp3) is 0.533. The number of morpholine rings is 1. The lowest BCUT2D eigenvalue weighted by Crippen LogP contribution is -2.51. The van der Waals surface area contributed by atoms with Crippen LogP contribution < -0.4 is 5.32 Å². The second-order valence-corrected chi connectivity index (χ2v) is 5.46. The van der Waals surface area contributed by atoms with Crippen LogP contribution in [0.1, 0.15) is 25.0 Å². The molecule has 102 valence electrons. The molecule has 1 unspecified atom stereocenters. The van der Waals surface area contributed by atoms with Crippen molar-refractivity contribution in [3.8, 4) is 6.07 Å². The van der Waals surface area contributed by atoms with Gasteiger partial charge >= 0.3 is 0 Å². The molecule has 1 saturated heterocycles. The van der Waals surface area contributed by atoms with Crippen LogP contribution in [0.15, 0.2) is 24.3 Å². The first-order valence-corrected chi connectivity index (χ1v) is 6.54. The number of nitrogens with one attached hydrogen (secondary N) is 1. The van der Waals surface area contributed by atoms with Gasteiger partial charge in [-0.2, -0.15) is 5.26 Å². The van der Waals surface area contributed by atoms with E-state index in [0.717, 1.165) is 18.7 Å². The summed E-state index contributed by atoms with van der Waals surface area (Å²) >= 11 is 0. The Morgan fingerprint density at radius 1 is 1.53 bits per heavy atom. The number of nitriles is 1. The Morgan fingerprint density at radius 3 is 3.11 bits per heavy atom. The Balaban J connectivity index is 1.78. The van der Waals surface area contributed by atoms with Crippen LogP contribution in [0.2, 0.25) is 0 Å². The Hall–Kier alpha value is -1.41. The number of hydrogen-bond donors (Lipinski definition) is 1. The average molecular weight is 260 g/mol. The van der Waals surface area contributed by atoms with Gasteiger partial charge in [0.15, 0.2) is 0 Å². The molecular weight excluding hydrogens is 240 g/mol. The first kappa shape index (κ1) is 14.0. The summed E-state index contributed by atoms with van der Waals surface area (Å²) in [5.41, 5.74) is 1.55. The Morgan fingerprint density at radius 2 is 2.37 bits per heavy atom. The highest BCUT2D eigenvalue weighted by Gasteiger charge is 2.28. The maximum absolute atomic E-state index is 8.83. The Labute approximate surface area is 114 Å². The summed E-state index contributed by atoms with van der Waals surface area (Å²) in [4.78, 5) is 0. The number of hydrogen-bond acceptors (Lipinski definition) is 4. The molecule has 1 atom stereocenters. The number of benzene rings is 1. The number of rotatable bonds is 4. The molecule has 1 fully saturated rings. The first-order chi connectivity index (χ1) is 9.09. The van der Waals surface area contributed by atoms with E-state index in [9.17, 15) is 0 Å². The van der Waals surface area contributed by atoms with Crippen LogP contribution in [0.3, 0.4) is 0 Å². The van der Waals surface area contributed by atoms with Gasteiger partial charge in [0.25, 0.3) is 0 Å². The summed E-state index contributed by atoms with van der Waals surface area (Å²) in [5, 5.41) is 12.2. The highest BCUT2D eigenvalue weighted by molar-refractivity contribution is 5.32. The van der Waals surface area contributed by atoms with Crippen molar-refractivity contribution < 1.29 is 9.47 Å². The number of ether oxygens (including phenoxy) is 2. The summed E-state index contributed by atoms with van der Waals surface area (Å²) in [5.74, 6) is 0. The van der Waals surface area contributed by atoms with Crippen molar-refractivity contribution in [1.82, 2.24) is 5.32 Å². The first-order valence-electron chi connectivity index (χ1n) is 6.54. The Kier molecular flexibility index (Phi) is 4.54. The van der Waals surface area contributed by atoms with E-state index in [1.807, 2.05) is 18.2 Å². The molecule has 1 aromatic carbocycles. The summed E-state index contributed by atoms with van der Waals surface area (Å²) in [6.07, 6.45) is 0.0860. The van der Waals surface area contributed by atoms with Crippen LogP contribution in [0, 0.1) is 11.3 Å². The van der Waals surface area contributed by atoms with Crippen molar-refractivity contribution in [3.05, 3.63) is 35.4 Å². The zero-order valence-corrected chi connectivity index (χ0v) is 11.5. The third kappa shape index (κ3) is 4.32. The zero-order valence-electron chi connectivity index (χ0n) is 11.5. The second-order valence-electron chi connectivity index (χ2n) is 5.46. The van der Waals surface area contributed by atoms with E-state index in [2.05, 4.69) is 25.2 Å². The van der Waals surface area contributed by atoms with Gasteiger partial charge in [-0.05, 0) is 31.5 Å². The quantitative estimate of drug-likeness (QED) is 0.897. The van der Waals surface area contributed by atoms with E-state index in [4.69, 9.17) is 14.7 Å². The maximum Gasteiger partial charge on any atom is 0.0991 e. The molecule has 0 amide bonds. The minimum Gasteiger partial charge on any atom is -0.374 e. The van der Waals surface area contributed by atoms with Crippen molar-refractivity contribution >= 4 is 0 Å². The molecule has 0 saturated carbocycles. The van der Waals surface area contributed by atoms with Gasteiger partial charge in [0.05, 0.1) is 36.6 Å². The van der Waals surface area contributed by atoms with Crippen molar-refractivity contribution in [2.24, 2.45) is 0 Å². The molecule has 2 rings (SSSR count). The van der Waals surface area contributed by atoms with E-state index >= 15 is 0 Å². The predicted octanol–water partition coefficient (Wildman–Crippen LogP) is 1.84. The van der Waals surface area contributed by atoms with E-state index < -0.39 is 0 Å². The number of nitrogens with zero attached hydrogens (tertiary/aromatic N) is 1. The SMILES string of the molecule is CC1(C)CNCC(COCc2cccc(C#N)c2)O1. The van der Waals surface area contributed by atoms with Crippen LogP contribution in [-0.2, 0) is 16.1 Å². The molecule has 0 aliphatic carbocycles. The molecule has 0 spiro atoms. The van der Waals surface area contributed by atoms with Crippen molar-refractivity contribution in [3.63, 3.8) is 0 Å². The Bertz CT molecular complexity index is 465. The topological polar surface area (TPSA) is 54.3 Å². The van der Waals surface area contributed by atoms with Crippen molar-refractivity contribution in [2.45, 2.75) is 32.2 Å². The maximum atomic E-state index is 8.83. The zero-order chi connectivity index (χ0) is 13.7.